The molecule has 1 aromatic heterocycles. The van der Waals surface area contributed by atoms with Gasteiger partial charge in [-0.15, -0.1) is 0 Å². The molecule has 2 aliphatic rings. The summed E-state index contributed by atoms with van der Waals surface area (Å²) in [6.07, 6.45) is 5.71. The number of para-hydroxylation sites is 1. The van der Waals surface area contributed by atoms with E-state index in [1.807, 2.05) is 12.1 Å². The van der Waals surface area contributed by atoms with E-state index < -0.39 is 5.60 Å². The van der Waals surface area contributed by atoms with Crippen LogP contribution in [0.5, 0.6) is 5.75 Å². The summed E-state index contributed by atoms with van der Waals surface area (Å²) in [6, 6.07) is 7.23. The molecule has 2 aromatic rings. The summed E-state index contributed by atoms with van der Waals surface area (Å²) in [4.78, 5) is 39.0. The average molecular weight is 396 g/mol. The number of nitrogens with zero attached hydrogens (tertiary/aromatic N) is 2. The van der Waals surface area contributed by atoms with Gasteiger partial charge in [-0.3, -0.25) is 19.5 Å². The topological polar surface area (TPSA) is 104 Å². The molecule has 0 radical (unpaired) electrons. The third-order valence-electron chi connectivity index (χ3n) is 5.61. The second-order valence-corrected chi connectivity index (χ2v) is 7.65. The fraction of sp³-hybridized carbons (Fsp3) is 0.429. The van der Waals surface area contributed by atoms with Crippen LogP contribution in [0.4, 0.5) is 0 Å². The van der Waals surface area contributed by atoms with Crippen molar-refractivity contribution in [2.24, 2.45) is 0 Å². The maximum Gasteiger partial charge on any atom is 0.239 e. The highest BCUT2D eigenvalue weighted by molar-refractivity contribution is 6.00. The number of H-pyrrole nitrogens is 1. The van der Waals surface area contributed by atoms with Gasteiger partial charge in [0.05, 0.1) is 24.7 Å². The monoisotopic (exact) mass is 396 g/mol. The maximum atomic E-state index is 12.6. The lowest BCUT2D eigenvalue weighted by Gasteiger charge is -2.37. The largest absolute Gasteiger partial charge is 0.486 e. The Balaban J connectivity index is 1.34. The summed E-state index contributed by atoms with van der Waals surface area (Å²) in [6.45, 7) is 0.896. The fourth-order valence-corrected chi connectivity index (χ4v) is 3.96. The molecular weight excluding hydrogens is 372 g/mol. The molecule has 1 atom stereocenters. The number of benzene rings is 1. The third-order valence-corrected chi connectivity index (χ3v) is 5.61. The van der Waals surface area contributed by atoms with Crippen molar-refractivity contribution in [3.05, 3.63) is 47.8 Å². The molecule has 0 unspecified atom stereocenters. The van der Waals surface area contributed by atoms with Crippen molar-refractivity contribution in [3.8, 4) is 5.75 Å². The number of fused-ring (bicyclic) bond motifs is 1. The second kappa shape index (κ2) is 8.06. The van der Waals surface area contributed by atoms with Crippen LogP contribution in [-0.4, -0.2) is 57.9 Å². The fourth-order valence-electron chi connectivity index (χ4n) is 3.96. The van der Waals surface area contributed by atoms with Crippen LogP contribution in [0.25, 0.3) is 0 Å². The van der Waals surface area contributed by atoms with Crippen molar-refractivity contribution in [1.29, 1.82) is 0 Å². The number of nitrogens with one attached hydrogen (secondary N) is 2. The van der Waals surface area contributed by atoms with Crippen molar-refractivity contribution in [1.82, 2.24) is 20.4 Å². The Kier molecular flexibility index (Phi) is 5.33. The van der Waals surface area contributed by atoms with E-state index in [0.29, 0.717) is 43.7 Å². The number of rotatable bonds is 5. The number of likely N-dealkylation sites (tertiary alicyclic amines) is 1. The molecule has 1 spiro atoms. The first kappa shape index (κ1) is 19.2. The predicted molar refractivity (Wildman–Crippen MR) is 104 cm³/mol. The van der Waals surface area contributed by atoms with Gasteiger partial charge in [-0.2, -0.15) is 5.10 Å². The molecule has 1 aromatic carbocycles. The molecule has 29 heavy (non-hydrogen) atoms. The van der Waals surface area contributed by atoms with Gasteiger partial charge in [-0.25, -0.2) is 0 Å². The van der Waals surface area contributed by atoms with E-state index in [4.69, 9.17) is 4.74 Å². The first-order valence-corrected chi connectivity index (χ1v) is 9.88. The van der Waals surface area contributed by atoms with Crippen LogP contribution in [-0.2, 0) is 16.0 Å². The summed E-state index contributed by atoms with van der Waals surface area (Å²) < 4.78 is 6.21. The summed E-state index contributed by atoms with van der Waals surface area (Å²) >= 11 is 0. The van der Waals surface area contributed by atoms with E-state index in [1.54, 1.807) is 29.4 Å². The molecule has 8 heteroatoms. The number of ether oxygens (including phenoxy) is 1. The summed E-state index contributed by atoms with van der Waals surface area (Å²) in [5.41, 5.74) is 0.938. The number of ketones is 1. The van der Waals surface area contributed by atoms with E-state index in [2.05, 4.69) is 15.5 Å². The molecule has 0 bridgehead atoms. The Morgan fingerprint density at radius 2 is 2.14 bits per heavy atom. The van der Waals surface area contributed by atoms with Crippen LogP contribution in [0, 0.1) is 0 Å². The first-order valence-electron chi connectivity index (χ1n) is 9.88. The zero-order chi connectivity index (χ0) is 20.3. The minimum absolute atomic E-state index is 0.0187. The molecule has 1 fully saturated rings. The lowest BCUT2D eigenvalue weighted by atomic mass is 9.84. The first-order chi connectivity index (χ1) is 14.0. The van der Waals surface area contributed by atoms with Gasteiger partial charge in [0.1, 0.15) is 11.4 Å². The molecule has 2 N–H and O–H groups in total. The maximum absolute atomic E-state index is 12.6. The minimum Gasteiger partial charge on any atom is -0.486 e. The van der Waals surface area contributed by atoms with Crippen LogP contribution < -0.4 is 10.1 Å². The van der Waals surface area contributed by atoms with Gasteiger partial charge in [-0.05, 0) is 30.5 Å². The predicted octanol–water partition coefficient (Wildman–Crippen LogP) is 1.49. The van der Waals surface area contributed by atoms with Crippen molar-refractivity contribution in [3.63, 3.8) is 0 Å². The number of amides is 2. The van der Waals surface area contributed by atoms with E-state index in [9.17, 15) is 14.4 Å². The van der Waals surface area contributed by atoms with Gasteiger partial charge in [0.25, 0.3) is 0 Å². The van der Waals surface area contributed by atoms with Gasteiger partial charge >= 0.3 is 0 Å². The number of Topliss-reactive ketones (excluding diaryl/α,β-unsaturated/α-hetero) is 1. The molecule has 152 valence electrons. The molecule has 1 saturated heterocycles. The smallest absolute Gasteiger partial charge is 0.239 e. The average Bonchev–Trinajstić information content (AvgIpc) is 3.18. The Morgan fingerprint density at radius 1 is 1.28 bits per heavy atom. The highest BCUT2D eigenvalue weighted by Gasteiger charge is 2.43. The van der Waals surface area contributed by atoms with Crippen LogP contribution >= 0.6 is 0 Å². The Hall–Kier alpha value is -3.16. The van der Waals surface area contributed by atoms with Crippen molar-refractivity contribution < 1.29 is 19.1 Å². The Morgan fingerprint density at radius 3 is 2.97 bits per heavy atom. The molecule has 8 nitrogen and oxygen atoms in total. The standard InChI is InChI=1S/C21H24N4O4/c26-17-11-21(29-18-4-2-1-3-16(17)18)7-5-20(28)25(10-8-21)14-19(27)22-9-6-15-12-23-24-13-15/h1-4,12-13H,5-11,14H2,(H,22,27)(H,23,24)/t21-/m1/s1. The molecule has 2 amide bonds. The van der Waals surface area contributed by atoms with Gasteiger partial charge in [0, 0.05) is 32.1 Å². The number of aromatic amines is 1. The molecule has 4 rings (SSSR count). The number of carbonyl (C=O) groups is 3. The SMILES string of the molecule is O=C(CN1CC[C@]2(CCC1=O)CC(=O)c1ccccc1O2)NCCc1cn[nH]c1. The van der Waals surface area contributed by atoms with Crippen LogP contribution in [0.15, 0.2) is 36.7 Å². The zero-order valence-corrected chi connectivity index (χ0v) is 16.1. The molecule has 0 saturated carbocycles. The molecule has 3 heterocycles. The second-order valence-electron chi connectivity index (χ2n) is 7.65. The summed E-state index contributed by atoms with van der Waals surface area (Å²) in [5, 5.41) is 9.44. The zero-order valence-electron chi connectivity index (χ0n) is 16.1. The number of hydrogen-bond acceptors (Lipinski definition) is 5. The third kappa shape index (κ3) is 4.31. The van der Waals surface area contributed by atoms with Gasteiger partial charge < -0.3 is 15.0 Å². The molecular formula is C21H24N4O4. The highest BCUT2D eigenvalue weighted by atomic mass is 16.5. The molecule has 2 aliphatic heterocycles. The Labute approximate surface area is 168 Å². The quantitative estimate of drug-likeness (QED) is 0.797. The summed E-state index contributed by atoms with van der Waals surface area (Å²) in [7, 11) is 0. The lowest BCUT2D eigenvalue weighted by Crippen LogP contribution is -2.44. The number of aromatic nitrogens is 2. The van der Waals surface area contributed by atoms with Gasteiger partial charge in [-0.1, -0.05) is 12.1 Å². The van der Waals surface area contributed by atoms with Crippen molar-refractivity contribution in [2.45, 2.75) is 37.7 Å². The normalized spacial score (nSPS) is 21.4. The number of hydrogen-bond donors (Lipinski definition) is 2. The number of carbonyl (C=O) groups excluding carboxylic acids is 3. The van der Waals surface area contributed by atoms with Crippen molar-refractivity contribution >= 4 is 17.6 Å². The van der Waals surface area contributed by atoms with Crippen LogP contribution in [0.1, 0.15) is 41.6 Å². The van der Waals surface area contributed by atoms with Crippen LogP contribution in [0.3, 0.4) is 0 Å². The van der Waals surface area contributed by atoms with E-state index in [1.165, 1.54) is 0 Å². The Bertz CT molecular complexity index is 911. The van der Waals surface area contributed by atoms with E-state index >= 15 is 0 Å². The van der Waals surface area contributed by atoms with Crippen molar-refractivity contribution in [2.75, 3.05) is 19.6 Å². The van der Waals surface area contributed by atoms with Crippen LogP contribution in [0.2, 0.25) is 0 Å². The molecule has 0 aliphatic carbocycles. The van der Waals surface area contributed by atoms with E-state index in [-0.39, 0.29) is 37.0 Å². The lowest BCUT2D eigenvalue weighted by molar-refractivity contribution is -0.135. The van der Waals surface area contributed by atoms with Gasteiger partial charge in [0.2, 0.25) is 11.8 Å². The van der Waals surface area contributed by atoms with Gasteiger partial charge in [0.15, 0.2) is 5.78 Å². The minimum atomic E-state index is -0.673. The highest BCUT2D eigenvalue weighted by Crippen LogP contribution is 2.39. The summed E-state index contributed by atoms with van der Waals surface area (Å²) in [5.74, 6) is 0.358. The van der Waals surface area contributed by atoms with E-state index in [0.717, 1.165) is 5.56 Å².